The van der Waals surface area contributed by atoms with Crippen molar-refractivity contribution in [2.45, 2.75) is 50.1 Å². The molecule has 0 radical (unpaired) electrons. The summed E-state index contributed by atoms with van der Waals surface area (Å²) >= 11 is 0. The zero-order chi connectivity index (χ0) is 24.5. The van der Waals surface area contributed by atoms with Gasteiger partial charge >= 0.3 is 6.55 Å². The lowest BCUT2D eigenvalue weighted by Crippen LogP contribution is -2.32. The molecule has 0 bridgehead atoms. The smallest absolute Gasteiger partial charge is 0.320 e. The summed E-state index contributed by atoms with van der Waals surface area (Å²) in [5, 5.41) is 14.6. The van der Waals surface area contributed by atoms with Gasteiger partial charge in [0.15, 0.2) is 0 Å². The molecule has 2 aromatic carbocycles. The second-order valence-electron chi connectivity index (χ2n) is 8.23. The van der Waals surface area contributed by atoms with E-state index in [9.17, 15) is 27.3 Å². The first-order valence-corrected chi connectivity index (χ1v) is 12.4. The maximum Gasteiger partial charge on any atom is 0.320 e. The minimum Gasteiger partial charge on any atom is -0.370 e. The van der Waals surface area contributed by atoms with Crippen LogP contribution in [0.25, 0.3) is 11.0 Å². The van der Waals surface area contributed by atoms with E-state index >= 15 is 0 Å². The van der Waals surface area contributed by atoms with E-state index in [4.69, 9.17) is 0 Å². The fourth-order valence-corrected chi connectivity index (χ4v) is 5.79. The number of hydrogen-bond donors (Lipinski definition) is 1. The number of aromatic nitrogens is 2. The van der Waals surface area contributed by atoms with Gasteiger partial charge in [0.05, 0.1) is 26.9 Å². The number of sulfonamides is 1. The molecule has 1 unspecified atom stereocenters. The lowest BCUT2D eigenvalue weighted by molar-refractivity contribution is -0.384. The van der Waals surface area contributed by atoms with Gasteiger partial charge in [0.1, 0.15) is 11.5 Å². The number of alkyl halides is 2. The van der Waals surface area contributed by atoms with Crippen LogP contribution < -0.4 is 5.32 Å². The third-order valence-electron chi connectivity index (χ3n) is 5.95. The summed E-state index contributed by atoms with van der Waals surface area (Å²) in [5.74, 6) is 0.00626. The van der Waals surface area contributed by atoms with E-state index < -0.39 is 33.2 Å². The number of nitrogens with one attached hydrogen (secondary N) is 1. The van der Waals surface area contributed by atoms with Crippen molar-refractivity contribution in [2.24, 2.45) is 0 Å². The molecule has 3 aromatic rings. The number of rotatable bonds is 7. The maximum absolute atomic E-state index is 13.8. The standard InChI is InChI=1S/C22H25F2N5O4S/c1-15(21-26-17-8-4-5-9-19(17)28(21)22(23)24)25-18-11-10-16(14-20(18)29(30)31)34(32,33)27-12-6-2-3-7-13-27/h4-5,8-11,14-15,22,25H,2-3,6-7,12-13H2,1H3. The van der Waals surface area contributed by atoms with Gasteiger partial charge in [-0.1, -0.05) is 25.0 Å². The average molecular weight is 494 g/mol. The number of nitro benzene ring substituents is 1. The molecule has 1 aliphatic heterocycles. The second-order valence-corrected chi connectivity index (χ2v) is 10.2. The minimum absolute atomic E-state index is 0.00626. The number of benzene rings is 2. The van der Waals surface area contributed by atoms with Crippen molar-refractivity contribution in [1.82, 2.24) is 13.9 Å². The normalized spacial score (nSPS) is 16.5. The molecule has 0 amide bonds. The highest BCUT2D eigenvalue weighted by Gasteiger charge is 2.29. The number of fused-ring (bicyclic) bond motifs is 1. The molecule has 1 aliphatic rings. The van der Waals surface area contributed by atoms with Gasteiger partial charge in [-0.25, -0.2) is 13.4 Å². The Morgan fingerprint density at radius 2 is 1.76 bits per heavy atom. The van der Waals surface area contributed by atoms with Crippen LogP contribution in [0.2, 0.25) is 0 Å². The predicted molar refractivity (Wildman–Crippen MR) is 123 cm³/mol. The zero-order valence-electron chi connectivity index (χ0n) is 18.5. The van der Waals surface area contributed by atoms with E-state index in [1.807, 2.05) is 0 Å². The molecule has 0 aliphatic carbocycles. The van der Waals surface area contributed by atoms with Crippen LogP contribution in [0.5, 0.6) is 0 Å². The van der Waals surface area contributed by atoms with Gasteiger partial charge in [-0.3, -0.25) is 14.7 Å². The molecule has 182 valence electrons. The molecule has 34 heavy (non-hydrogen) atoms. The summed E-state index contributed by atoms with van der Waals surface area (Å²) in [6, 6.07) is 9.23. The Morgan fingerprint density at radius 3 is 2.41 bits per heavy atom. The third kappa shape index (κ3) is 4.60. The molecule has 9 nitrogen and oxygen atoms in total. The van der Waals surface area contributed by atoms with Crippen molar-refractivity contribution < 1.29 is 22.1 Å². The number of nitrogens with zero attached hydrogens (tertiary/aromatic N) is 4. The van der Waals surface area contributed by atoms with Gasteiger partial charge < -0.3 is 5.32 Å². The first-order valence-electron chi connectivity index (χ1n) is 11.0. The lowest BCUT2D eigenvalue weighted by Gasteiger charge is -2.21. The Kier molecular flexibility index (Phi) is 6.80. The minimum atomic E-state index is -3.89. The summed E-state index contributed by atoms with van der Waals surface area (Å²) in [7, 11) is -3.89. The molecule has 1 fully saturated rings. The van der Waals surface area contributed by atoms with Gasteiger partial charge in [-0.15, -0.1) is 0 Å². The Morgan fingerprint density at radius 1 is 1.09 bits per heavy atom. The highest BCUT2D eigenvalue weighted by Crippen LogP contribution is 2.34. The Balaban J connectivity index is 1.67. The molecular formula is C22H25F2N5O4S. The number of imidazole rings is 1. The Bertz CT molecular complexity index is 1300. The zero-order valence-corrected chi connectivity index (χ0v) is 19.3. The van der Waals surface area contributed by atoms with E-state index in [-0.39, 0.29) is 21.9 Å². The van der Waals surface area contributed by atoms with Crippen LogP contribution in [0.4, 0.5) is 20.2 Å². The highest BCUT2D eigenvalue weighted by molar-refractivity contribution is 7.89. The van der Waals surface area contributed by atoms with Crippen molar-refractivity contribution in [3.05, 3.63) is 58.4 Å². The fraction of sp³-hybridized carbons (Fsp3) is 0.409. The van der Waals surface area contributed by atoms with Crippen molar-refractivity contribution in [3.8, 4) is 0 Å². The molecular weight excluding hydrogens is 468 g/mol. The monoisotopic (exact) mass is 493 g/mol. The van der Waals surface area contributed by atoms with Crippen LogP contribution in [-0.2, 0) is 10.0 Å². The Hall–Kier alpha value is -3.12. The molecule has 0 saturated carbocycles. The number of nitro groups is 1. The predicted octanol–water partition coefficient (Wildman–Crippen LogP) is 5.08. The summed E-state index contributed by atoms with van der Waals surface area (Å²) in [5.41, 5.74) is 0.178. The van der Waals surface area contributed by atoms with Gasteiger partial charge in [0.25, 0.3) is 5.69 Å². The summed E-state index contributed by atoms with van der Waals surface area (Å²) in [6.07, 6.45) is 3.36. The van der Waals surface area contributed by atoms with Crippen LogP contribution in [0, 0.1) is 10.1 Å². The van der Waals surface area contributed by atoms with Crippen molar-refractivity contribution in [1.29, 1.82) is 0 Å². The van der Waals surface area contributed by atoms with Gasteiger partial charge in [-0.2, -0.15) is 13.1 Å². The van der Waals surface area contributed by atoms with Gasteiger partial charge in [0.2, 0.25) is 10.0 Å². The molecule has 1 aromatic heterocycles. The Labute approximate surface area is 195 Å². The van der Waals surface area contributed by atoms with Crippen molar-refractivity contribution in [3.63, 3.8) is 0 Å². The first kappa shape index (κ1) is 24.0. The quantitative estimate of drug-likeness (QED) is 0.363. The SMILES string of the molecule is CC(Nc1ccc(S(=O)(=O)N2CCCCCC2)cc1[N+](=O)[O-])c1nc2ccccc2n1C(F)F. The van der Waals surface area contributed by atoms with E-state index in [0.717, 1.165) is 36.3 Å². The van der Waals surface area contributed by atoms with E-state index in [0.29, 0.717) is 18.6 Å². The van der Waals surface area contributed by atoms with Crippen molar-refractivity contribution in [2.75, 3.05) is 18.4 Å². The van der Waals surface area contributed by atoms with E-state index in [2.05, 4.69) is 10.3 Å². The van der Waals surface area contributed by atoms with Crippen molar-refractivity contribution >= 4 is 32.4 Å². The molecule has 4 rings (SSSR count). The molecule has 1 N–H and O–H groups in total. The molecule has 2 heterocycles. The van der Waals surface area contributed by atoms with Crippen LogP contribution in [0.15, 0.2) is 47.4 Å². The lowest BCUT2D eigenvalue weighted by atomic mass is 10.2. The van der Waals surface area contributed by atoms with Crippen LogP contribution in [0.1, 0.15) is 51.0 Å². The molecule has 1 saturated heterocycles. The molecule has 0 spiro atoms. The largest absolute Gasteiger partial charge is 0.370 e. The fourth-order valence-electron chi connectivity index (χ4n) is 4.25. The van der Waals surface area contributed by atoms with Crippen LogP contribution in [-0.4, -0.2) is 40.3 Å². The molecule has 12 heteroatoms. The summed E-state index contributed by atoms with van der Waals surface area (Å²) < 4.78 is 55.9. The highest BCUT2D eigenvalue weighted by atomic mass is 32.2. The first-order chi connectivity index (χ1) is 16.2. The number of anilines is 1. The number of halogens is 2. The van der Waals surface area contributed by atoms with Crippen LogP contribution >= 0.6 is 0 Å². The topological polar surface area (TPSA) is 110 Å². The van der Waals surface area contributed by atoms with E-state index in [1.54, 1.807) is 25.1 Å². The number of hydrogen-bond acceptors (Lipinski definition) is 6. The van der Waals surface area contributed by atoms with E-state index in [1.165, 1.54) is 22.5 Å². The summed E-state index contributed by atoms with van der Waals surface area (Å²) in [6.45, 7) is -0.553. The summed E-state index contributed by atoms with van der Waals surface area (Å²) in [4.78, 5) is 15.2. The third-order valence-corrected chi connectivity index (χ3v) is 7.84. The molecule has 1 atom stereocenters. The van der Waals surface area contributed by atoms with Gasteiger partial charge in [0, 0.05) is 19.2 Å². The number of para-hydroxylation sites is 2. The van der Waals surface area contributed by atoms with Crippen LogP contribution in [0.3, 0.4) is 0 Å². The second kappa shape index (κ2) is 9.63. The maximum atomic E-state index is 13.8. The van der Waals surface area contributed by atoms with Gasteiger partial charge in [-0.05, 0) is 44.0 Å². The average Bonchev–Trinajstić information content (AvgIpc) is 2.97.